The van der Waals surface area contributed by atoms with E-state index in [-0.39, 0.29) is 59.6 Å². The average molecular weight is 276 g/mol. The molecule has 2 N–H and O–H groups in total. The second-order valence-electron chi connectivity index (χ2n) is 3.24. The van der Waals surface area contributed by atoms with E-state index in [1.54, 1.807) is 0 Å². The second-order valence-corrected chi connectivity index (χ2v) is 3.24. The van der Waals surface area contributed by atoms with Crippen molar-refractivity contribution in [1.29, 1.82) is 0 Å². The van der Waals surface area contributed by atoms with Crippen LogP contribution in [0.5, 0.6) is 5.75 Å². The van der Waals surface area contributed by atoms with E-state index in [9.17, 15) is 9.59 Å². The van der Waals surface area contributed by atoms with Crippen molar-refractivity contribution in [3.63, 3.8) is 0 Å². The minimum absolute atomic E-state index is 0. The summed E-state index contributed by atoms with van der Waals surface area (Å²) >= 11 is 0. The van der Waals surface area contributed by atoms with Crippen LogP contribution in [0.2, 0.25) is 0 Å². The summed E-state index contributed by atoms with van der Waals surface area (Å²) in [5, 5.41) is 17.7. The molecule has 0 aromatic heterocycles. The Labute approximate surface area is 131 Å². The second kappa shape index (κ2) is 8.58. The number of aromatic carboxylic acids is 2. The van der Waals surface area contributed by atoms with E-state index in [0.717, 1.165) is 6.07 Å². The van der Waals surface area contributed by atoms with Gasteiger partial charge in [-0.3, -0.25) is 0 Å². The van der Waals surface area contributed by atoms with Crippen molar-refractivity contribution >= 4 is 41.5 Å². The quantitative estimate of drug-likeness (QED) is 0.438. The SMILES string of the molecule is C=COCCOc1cc(C(=O)O)cc(C(=O)O)c1.[NaH]. The number of carboxylic acid groups (broad SMARTS) is 2. The first-order valence-corrected chi connectivity index (χ1v) is 5.01. The molecule has 0 atom stereocenters. The van der Waals surface area contributed by atoms with Gasteiger partial charge in [0.15, 0.2) is 0 Å². The van der Waals surface area contributed by atoms with Gasteiger partial charge in [0.05, 0.1) is 17.4 Å². The van der Waals surface area contributed by atoms with Gasteiger partial charge in [-0.1, -0.05) is 6.58 Å². The van der Waals surface area contributed by atoms with Crippen LogP contribution in [0.3, 0.4) is 0 Å². The molecule has 1 rings (SSSR count). The summed E-state index contributed by atoms with van der Waals surface area (Å²) in [4.78, 5) is 21.6. The van der Waals surface area contributed by atoms with E-state index in [1.807, 2.05) is 0 Å². The van der Waals surface area contributed by atoms with E-state index >= 15 is 0 Å². The van der Waals surface area contributed by atoms with Gasteiger partial charge >= 0.3 is 41.5 Å². The van der Waals surface area contributed by atoms with Gasteiger partial charge in [-0.2, -0.15) is 0 Å². The van der Waals surface area contributed by atoms with E-state index in [1.165, 1.54) is 18.4 Å². The number of ether oxygens (including phenoxy) is 2. The third-order valence-corrected chi connectivity index (χ3v) is 1.99. The molecule has 0 saturated carbocycles. The van der Waals surface area contributed by atoms with Crippen LogP contribution in [-0.2, 0) is 4.74 Å². The fourth-order valence-electron chi connectivity index (χ4n) is 1.22. The van der Waals surface area contributed by atoms with Crippen LogP contribution in [0.25, 0.3) is 0 Å². The number of hydrogen-bond acceptors (Lipinski definition) is 4. The Balaban J connectivity index is 0.00000324. The molecule has 0 saturated heterocycles. The van der Waals surface area contributed by atoms with Crippen molar-refractivity contribution in [2.75, 3.05) is 13.2 Å². The molecule has 1 aromatic carbocycles. The zero-order valence-electron chi connectivity index (χ0n) is 9.46. The van der Waals surface area contributed by atoms with E-state index < -0.39 is 11.9 Å². The van der Waals surface area contributed by atoms with Crippen LogP contribution in [-0.4, -0.2) is 64.9 Å². The van der Waals surface area contributed by atoms with Gasteiger partial charge in [0.1, 0.15) is 19.0 Å². The minimum atomic E-state index is -1.22. The molecule has 0 radical (unpaired) electrons. The maximum atomic E-state index is 10.8. The number of carboxylic acids is 2. The van der Waals surface area contributed by atoms with Gasteiger partial charge in [-0.15, -0.1) is 0 Å². The fourth-order valence-corrected chi connectivity index (χ4v) is 1.22. The van der Waals surface area contributed by atoms with Crippen LogP contribution in [0.1, 0.15) is 20.7 Å². The third-order valence-electron chi connectivity index (χ3n) is 1.99. The Kier molecular flexibility index (Phi) is 7.90. The average Bonchev–Trinajstić information content (AvgIpc) is 2.34. The third kappa shape index (κ3) is 5.78. The summed E-state index contributed by atoms with van der Waals surface area (Å²) in [7, 11) is 0. The molecule has 0 bridgehead atoms. The molecule has 1 aromatic rings. The zero-order valence-corrected chi connectivity index (χ0v) is 9.46. The normalized spacial score (nSPS) is 9.05. The van der Waals surface area contributed by atoms with Gasteiger partial charge in [-0.05, 0) is 18.2 Å². The monoisotopic (exact) mass is 276 g/mol. The molecule has 7 heteroatoms. The Morgan fingerprint density at radius 1 is 1.11 bits per heavy atom. The van der Waals surface area contributed by atoms with Gasteiger partial charge < -0.3 is 19.7 Å². The van der Waals surface area contributed by atoms with E-state index in [0.29, 0.717) is 0 Å². The van der Waals surface area contributed by atoms with Crippen molar-refractivity contribution in [2.45, 2.75) is 0 Å². The molecule has 0 fully saturated rings. The molecular formula is C12H13NaO6. The maximum absolute atomic E-state index is 10.8. The summed E-state index contributed by atoms with van der Waals surface area (Å²) in [6.45, 7) is 3.75. The first-order valence-electron chi connectivity index (χ1n) is 5.01. The van der Waals surface area contributed by atoms with Crippen molar-refractivity contribution in [1.82, 2.24) is 0 Å². The van der Waals surface area contributed by atoms with Crippen molar-refractivity contribution in [2.24, 2.45) is 0 Å². The van der Waals surface area contributed by atoms with Gasteiger partial charge in [0.25, 0.3) is 0 Å². The van der Waals surface area contributed by atoms with Crippen LogP contribution in [0.4, 0.5) is 0 Å². The number of benzene rings is 1. The molecule has 0 spiro atoms. The molecule has 0 aliphatic rings. The first kappa shape index (κ1) is 17.5. The molecule has 0 aliphatic carbocycles. The Bertz CT molecular complexity index is 439. The topological polar surface area (TPSA) is 93.1 Å². The number of hydrogen-bond donors (Lipinski definition) is 2. The van der Waals surface area contributed by atoms with Crippen LogP contribution in [0.15, 0.2) is 31.0 Å². The summed E-state index contributed by atoms with van der Waals surface area (Å²) in [6.07, 6.45) is 1.25. The molecule has 0 amide bonds. The standard InChI is InChI=1S/C12H12O6.Na.H/c1-2-17-3-4-18-10-6-8(11(13)14)5-9(7-10)12(15)16;;/h2,5-7H,1,3-4H2,(H,13,14)(H,15,16);;. The van der Waals surface area contributed by atoms with Gasteiger partial charge in [0.2, 0.25) is 0 Å². The van der Waals surface area contributed by atoms with E-state index in [2.05, 4.69) is 6.58 Å². The van der Waals surface area contributed by atoms with Crippen LogP contribution in [0, 0.1) is 0 Å². The summed E-state index contributed by atoms with van der Waals surface area (Å²) in [5.74, 6) is -2.27. The summed E-state index contributed by atoms with van der Waals surface area (Å²) < 4.78 is 10.0. The van der Waals surface area contributed by atoms with Crippen molar-refractivity contribution < 1.29 is 29.3 Å². The first-order chi connectivity index (χ1) is 8.54. The summed E-state index contributed by atoms with van der Waals surface area (Å²) in [6, 6.07) is 3.57. The zero-order chi connectivity index (χ0) is 13.5. The van der Waals surface area contributed by atoms with Crippen LogP contribution >= 0.6 is 0 Å². The molecule has 0 unspecified atom stereocenters. The van der Waals surface area contributed by atoms with Gasteiger partial charge in [-0.25, -0.2) is 9.59 Å². The molecule has 6 nitrogen and oxygen atoms in total. The Morgan fingerprint density at radius 2 is 1.63 bits per heavy atom. The predicted molar refractivity (Wildman–Crippen MR) is 69.2 cm³/mol. The van der Waals surface area contributed by atoms with Crippen molar-refractivity contribution in [3.05, 3.63) is 42.2 Å². The Hall–Kier alpha value is -1.50. The summed E-state index contributed by atoms with van der Waals surface area (Å²) in [5.41, 5.74) is -0.288. The fraction of sp³-hybridized carbons (Fsp3) is 0.167. The van der Waals surface area contributed by atoms with Crippen LogP contribution < -0.4 is 4.74 Å². The van der Waals surface area contributed by atoms with E-state index in [4.69, 9.17) is 19.7 Å². The predicted octanol–water partition coefficient (Wildman–Crippen LogP) is 0.973. The number of rotatable bonds is 7. The van der Waals surface area contributed by atoms with Crippen molar-refractivity contribution in [3.8, 4) is 5.75 Å². The molecule has 0 heterocycles. The molecule has 19 heavy (non-hydrogen) atoms. The number of carbonyl (C=O) groups is 2. The Morgan fingerprint density at radius 3 is 2.05 bits per heavy atom. The molecule has 98 valence electrons. The molecule has 0 aliphatic heterocycles. The molecular weight excluding hydrogens is 263 g/mol. The van der Waals surface area contributed by atoms with Gasteiger partial charge in [0, 0.05) is 0 Å².